The van der Waals surface area contributed by atoms with Gasteiger partial charge in [0.1, 0.15) is 11.6 Å². The van der Waals surface area contributed by atoms with Gasteiger partial charge in [0, 0.05) is 6.20 Å². The summed E-state index contributed by atoms with van der Waals surface area (Å²) in [6.07, 6.45) is 3.24. The minimum absolute atomic E-state index is 0.350. The Morgan fingerprint density at radius 2 is 2.50 bits per heavy atom. The Kier molecular flexibility index (Phi) is 2.44. The molecule has 3 heteroatoms. The van der Waals surface area contributed by atoms with E-state index in [0.29, 0.717) is 11.4 Å². The third-order valence-corrected chi connectivity index (χ3v) is 1.42. The summed E-state index contributed by atoms with van der Waals surface area (Å²) < 4.78 is 4.87. The first-order chi connectivity index (χ1) is 5.81. The van der Waals surface area contributed by atoms with Crippen molar-refractivity contribution >= 4 is 6.08 Å². The van der Waals surface area contributed by atoms with E-state index >= 15 is 0 Å². The molecule has 0 saturated carbocycles. The fourth-order valence-electron chi connectivity index (χ4n) is 0.823. The van der Waals surface area contributed by atoms with Crippen molar-refractivity contribution in [3.63, 3.8) is 0 Å². The van der Waals surface area contributed by atoms with Gasteiger partial charge in [-0.1, -0.05) is 12.7 Å². The average molecular weight is 160 g/mol. The van der Waals surface area contributed by atoms with Crippen molar-refractivity contribution in [3.8, 4) is 11.9 Å². The molecule has 0 amide bonds. The first-order valence-electron chi connectivity index (χ1n) is 3.38. The van der Waals surface area contributed by atoms with E-state index in [0.717, 1.165) is 5.56 Å². The van der Waals surface area contributed by atoms with E-state index in [4.69, 9.17) is 10.00 Å². The molecule has 1 heterocycles. The Bertz CT molecular complexity index is 339. The molecule has 1 aromatic rings. The van der Waals surface area contributed by atoms with Crippen LogP contribution in [0.4, 0.5) is 0 Å². The molecule has 1 rings (SSSR count). The van der Waals surface area contributed by atoms with Gasteiger partial charge in [-0.05, 0) is 11.6 Å². The van der Waals surface area contributed by atoms with Crippen molar-refractivity contribution in [3.05, 3.63) is 30.0 Å². The van der Waals surface area contributed by atoms with E-state index in [1.165, 1.54) is 7.11 Å². The molecule has 0 unspecified atom stereocenters. The van der Waals surface area contributed by atoms with Crippen LogP contribution in [0, 0.1) is 11.3 Å². The highest BCUT2D eigenvalue weighted by atomic mass is 16.5. The monoisotopic (exact) mass is 160 g/mol. The normalized spacial score (nSPS) is 8.67. The Hall–Kier alpha value is -1.82. The van der Waals surface area contributed by atoms with Gasteiger partial charge < -0.3 is 4.74 Å². The summed E-state index contributed by atoms with van der Waals surface area (Å²) in [6, 6.07) is 3.67. The van der Waals surface area contributed by atoms with Crippen LogP contribution in [0.2, 0.25) is 0 Å². The smallest absolute Gasteiger partial charge is 0.231 e. The molecule has 60 valence electrons. The topological polar surface area (TPSA) is 45.9 Å². The lowest BCUT2D eigenvalue weighted by molar-refractivity contribution is 0.396. The quantitative estimate of drug-likeness (QED) is 0.660. The van der Waals surface area contributed by atoms with Crippen molar-refractivity contribution in [1.82, 2.24) is 4.98 Å². The zero-order valence-electron chi connectivity index (χ0n) is 6.74. The second-order valence-corrected chi connectivity index (χ2v) is 2.14. The fraction of sp³-hybridized carbons (Fsp3) is 0.111. The number of methoxy groups -OCH3 is 1. The molecule has 12 heavy (non-hydrogen) atoms. The number of rotatable bonds is 2. The highest BCUT2D eigenvalue weighted by molar-refractivity contribution is 5.51. The second kappa shape index (κ2) is 3.54. The molecule has 0 aliphatic rings. The number of ether oxygens (including phenoxy) is 1. The van der Waals surface area contributed by atoms with Gasteiger partial charge in [0.05, 0.1) is 7.11 Å². The van der Waals surface area contributed by atoms with Gasteiger partial charge in [-0.15, -0.1) is 0 Å². The summed E-state index contributed by atoms with van der Waals surface area (Å²) in [6.45, 7) is 3.57. The first kappa shape index (κ1) is 8.28. The lowest BCUT2D eigenvalue weighted by Gasteiger charge is -2.00. The molecule has 0 saturated heterocycles. The molecular formula is C9H8N2O. The molecule has 3 nitrogen and oxygen atoms in total. The highest BCUT2D eigenvalue weighted by Gasteiger charge is 2.02. The Morgan fingerprint density at radius 1 is 1.75 bits per heavy atom. The van der Waals surface area contributed by atoms with Crippen molar-refractivity contribution < 1.29 is 4.74 Å². The molecule has 0 radical (unpaired) electrons. The molecule has 0 N–H and O–H groups in total. The Labute approximate surface area is 70.9 Å². The van der Waals surface area contributed by atoms with Crippen LogP contribution in [0.15, 0.2) is 18.8 Å². The number of nitriles is 1. The number of hydrogen-bond donors (Lipinski definition) is 0. The van der Waals surface area contributed by atoms with Crippen LogP contribution in [-0.2, 0) is 0 Å². The maximum atomic E-state index is 8.67. The molecule has 0 atom stereocenters. The SMILES string of the molecule is C=Cc1cnc(OC)c(C#N)c1. The van der Waals surface area contributed by atoms with Crippen LogP contribution in [0.25, 0.3) is 6.08 Å². The van der Waals surface area contributed by atoms with Gasteiger partial charge in [-0.3, -0.25) is 0 Å². The standard InChI is InChI=1S/C9H8N2O/c1-3-7-4-8(5-10)9(12-2)11-6-7/h3-4,6H,1H2,2H3. The van der Waals surface area contributed by atoms with Crippen molar-refractivity contribution in [1.29, 1.82) is 5.26 Å². The number of pyridine rings is 1. The summed E-state index contributed by atoms with van der Waals surface area (Å²) in [4.78, 5) is 3.92. The molecule has 0 spiro atoms. The van der Waals surface area contributed by atoms with Crippen molar-refractivity contribution in [2.45, 2.75) is 0 Å². The number of nitrogens with zero attached hydrogens (tertiary/aromatic N) is 2. The maximum absolute atomic E-state index is 8.67. The third-order valence-electron chi connectivity index (χ3n) is 1.42. The summed E-state index contributed by atoms with van der Waals surface area (Å²) >= 11 is 0. The van der Waals surface area contributed by atoms with Crippen LogP contribution in [0.5, 0.6) is 5.88 Å². The van der Waals surface area contributed by atoms with E-state index in [1.54, 1.807) is 18.3 Å². The van der Waals surface area contributed by atoms with Crippen LogP contribution >= 0.6 is 0 Å². The predicted molar refractivity (Wildman–Crippen MR) is 45.6 cm³/mol. The largest absolute Gasteiger partial charge is 0.480 e. The molecule has 1 aromatic heterocycles. The molecule has 0 fully saturated rings. The van der Waals surface area contributed by atoms with Crippen molar-refractivity contribution in [2.75, 3.05) is 7.11 Å². The lowest BCUT2D eigenvalue weighted by atomic mass is 10.2. The molecular weight excluding hydrogens is 152 g/mol. The van der Waals surface area contributed by atoms with Gasteiger partial charge in [-0.25, -0.2) is 4.98 Å². The fourth-order valence-corrected chi connectivity index (χ4v) is 0.823. The highest BCUT2D eigenvalue weighted by Crippen LogP contribution is 2.14. The van der Waals surface area contributed by atoms with E-state index in [1.807, 2.05) is 6.07 Å². The Balaban J connectivity index is 3.21. The summed E-state index contributed by atoms with van der Waals surface area (Å²) in [5.74, 6) is 0.350. The van der Waals surface area contributed by atoms with Gasteiger partial charge in [0.2, 0.25) is 5.88 Å². The minimum Gasteiger partial charge on any atom is -0.480 e. The summed E-state index contributed by atoms with van der Waals surface area (Å²) in [5.41, 5.74) is 1.24. The van der Waals surface area contributed by atoms with E-state index in [9.17, 15) is 0 Å². The molecule has 0 bridgehead atoms. The van der Waals surface area contributed by atoms with Gasteiger partial charge in [0.15, 0.2) is 0 Å². The number of aromatic nitrogens is 1. The lowest BCUT2D eigenvalue weighted by Crippen LogP contribution is -1.91. The van der Waals surface area contributed by atoms with Gasteiger partial charge >= 0.3 is 0 Å². The van der Waals surface area contributed by atoms with Gasteiger partial charge in [0.25, 0.3) is 0 Å². The zero-order chi connectivity index (χ0) is 8.97. The van der Waals surface area contributed by atoms with E-state index in [2.05, 4.69) is 11.6 Å². The predicted octanol–water partition coefficient (Wildman–Crippen LogP) is 1.60. The molecule has 0 aliphatic carbocycles. The zero-order valence-corrected chi connectivity index (χ0v) is 6.74. The van der Waals surface area contributed by atoms with Gasteiger partial charge in [-0.2, -0.15) is 5.26 Å². The second-order valence-electron chi connectivity index (χ2n) is 2.14. The Morgan fingerprint density at radius 3 is 3.00 bits per heavy atom. The average Bonchev–Trinajstić information content (AvgIpc) is 2.16. The maximum Gasteiger partial charge on any atom is 0.231 e. The minimum atomic E-state index is 0.350. The van der Waals surface area contributed by atoms with E-state index < -0.39 is 0 Å². The third kappa shape index (κ3) is 1.43. The van der Waals surface area contributed by atoms with Crippen LogP contribution < -0.4 is 4.74 Å². The summed E-state index contributed by atoms with van der Waals surface area (Å²) in [7, 11) is 1.48. The molecule has 0 aromatic carbocycles. The van der Waals surface area contributed by atoms with Crippen LogP contribution in [0.1, 0.15) is 11.1 Å². The number of hydrogen-bond acceptors (Lipinski definition) is 3. The summed E-state index contributed by atoms with van der Waals surface area (Å²) in [5, 5.41) is 8.67. The van der Waals surface area contributed by atoms with Crippen LogP contribution in [-0.4, -0.2) is 12.1 Å². The van der Waals surface area contributed by atoms with Crippen LogP contribution in [0.3, 0.4) is 0 Å². The van der Waals surface area contributed by atoms with E-state index in [-0.39, 0.29) is 0 Å². The molecule has 0 aliphatic heterocycles. The van der Waals surface area contributed by atoms with Crippen molar-refractivity contribution in [2.24, 2.45) is 0 Å². The first-order valence-corrected chi connectivity index (χ1v) is 3.38.